The predicted octanol–water partition coefficient (Wildman–Crippen LogP) is -12.5. The molecule has 0 bridgehead atoms. The number of aromatic nitrogens is 3. The number of ether oxygens (including phenoxy) is 1. The third-order valence-electron chi connectivity index (χ3n) is 3.87. The summed E-state index contributed by atoms with van der Waals surface area (Å²) >= 11 is 0. The number of allylic oxidation sites excluding steroid dienone is 2. The number of nitrogens with two attached hydrogens (primary N) is 2. The zero-order valence-electron chi connectivity index (χ0n) is 38.7. The number of rotatable bonds is 4. The Morgan fingerprint density at radius 2 is 1.05 bits per heavy atom. The average Bonchev–Trinajstić information content (AvgIpc) is 3.92. The molecule has 0 unspecified atom stereocenters. The minimum absolute atomic E-state index is 0. The average molecular weight is 1330 g/mol. The first-order chi connectivity index (χ1) is 28.2. The minimum Gasteiger partial charge on any atom is -0.537 e. The first-order valence-electron chi connectivity index (χ1n) is 14.9. The molecule has 3 rings (SSSR count). The summed E-state index contributed by atoms with van der Waals surface area (Å²) in [5, 5.41) is 33.0. The molecule has 0 aliphatic carbocycles. The van der Waals surface area contributed by atoms with Crippen molar-refractivity contribution in [1.82, 2.24) is 20.3 Å². The SMILES string of the molecule is CCN.CCNC=[C-]C#N.CCOC=[C-]C#N.CN=P.Cc1[c-]c[nH]c1C.Cc1[nH]c[c-]c1C#N.Cc1[nH]c[c-]c1N.O=C=O.O=C=O.O=C=O.O=C=O.O=C=O.[C-]#N.[Cu+].[Rb+].[Rb+].[Rb+].[Rb+].[Rb+]. The van der Waals surface area contributed by atoms with Gasteiger partial charge in [0, 0.05) is 13.6 Å². The van der Waals surface area contributed by atoms with Gasteiger partial charge in [0.15, 0.2) is 0 Å². The van der Waals surface area contributed by atoms with Crippen LogP contribution in [-0.4, -0.2) is 72.5 Å². The number of aromatic amines is 3. The summed E-state index contributed by atoms with van der Waals surface area (Å²) in [6.45, 7) is 20.5. The molecule has 0 spiro atoms. The Morgan fingerprint density at radius 1 is 0.723 bits per heavy atom. The van der Waals surface area contributed by atoms with Crippen LogP contribution in [0.15, 0.2) is 35.8 Å². The van der Waals surface area contributed by atoms with E-state index in [1.807, 2.05) is 60.7 Å². The van der Waals surface area contributed by atoms with Crippen molar-refractivity contribution in [1.29, 1.82) is 21.0 Å². The van der Waals surface area contributed by atoms with Gasteiger partial charge in [-0.05, 0) is 29.4 Å². The van der Waals surface area contributed by atoms with E-state index < -0.39 is 0 Å². The molecule has 65 heavy (non-hydrogen) atoms. The quantitative estimate of drug-likeness (QED) is 0.0464. The van der Waals surface area contributed by atoms with Crippen LogP contribution < -0.4 is 308 Å². The fourth-order valence-corrected chi connectivity index (χ4v) is 1.73. The number of carbonyl (C=O) groups excluding carboxylic acids is 10. The van der Waals surface area contributed by atoms with Gasteiger partial charge < -0.3 is 60.5 Å². The second-order valence-corrected chi connectivity index (χ2v) is 7.98. The van der Waals surface area contributed by atoms with Crippen LogP contribution in [-0.2, 0) is 69.8 Å². The van der Waals surface area contributed by atoms with E-state index in [1.54, 1.807) is 31.6 Å². The molecule has 0 radical (unpaired) electrons. The number of nitrogen functional groups attached to an aromatic ring is 1. The topological polar surface area (TPSA) is 399 Å². The Kier molecular flexibility index (Phi) is 216. The zero-order chi connectivity index (χ0) is 48.6. The van der Waals surface area contributed by atoms with Crippen LogP contribution in [0.5, 0.6) is 0 Å². The molecule has 29 heteroatoms. The number of nitrogens with one attached hydrogen (secondary N) is 4. The first-order valence-corrected chi connectivity index (χ1v) is 15.3. The van der Waals surface area contributed by atoms with Crippen molar-refractivity contribution < 1.29 is 361 Å². The monoisotopic (exact) mass is 1320 g/mol. The summed E-state index contributed by atoms with van der Waals surface area (Å²) in [6.07, 6.45) is 13.7. The Bertz CT molecular complexity index is 1580. The second-order valence-electron chi connectivity index (χ2n) is 7.54. The van der Waals surface area contributed by atoms with Gasteiger partial charge in [0.05, 0.1) is 6.61 Å². The van der Waals surface area contributed by atoms with E-state index in [1.165, 1.54) is 23.7 Å². The second kappa shape index (κ2) is 126. The van der Waals surface area contributed by atoms with Gasteiger partial charge in [-0.15, -0.1) is 53.2 Å². The van der Waals surface area contributed by atoms with Crippen LogP contribution in [0.25, 0.3) is 0 Å². The van der Waals surface area contributed by atoms with Crippen LogP contribution in [0, 0.1) is 104 Å². The standard InChI is InChI=1S/C6H5N2.C6H8N.2C5H7N2.C5H6NO.C2H7N.CH4NP.CN.5CO2.Cu.5Rb/c1-5-6(4-7)2-3-8-5;1-5-3-4-7-6(5)2;1-4-5(6)2-3-7-4;2*1-2-7-5-3-4-6;2*1-2-3;1-2;5*2-1-3;;;;;;/h3,8H,1H3;4,7H,1-2H3;3,7H,6H2,1H3;5,7H,2H2,1H3;5H,2H2,1H3;2-3H2,1H3;3H,1H3;;;;;;;;;;;;/q5*-1;;;-1;;;;;;6*+1. The molecular formula is C36H44CuN11O11PRb5. The summed E-state index contributed by atoms with van der Waals surface area (Å²) in [6, 6.07) is 13.9. The smallest absolute Gasteiger partial charge is 0.537 e. The van der Waals surface area contributed by atoms with Gasteiger partial charge in [0.25, 0.3) is 0 Å². The van der Waals surface area contributed by atoms with Crippen LogP contribution >= 0.6 is 9.03 Å². The fourth-order valence-electron chi connectivity index (χ4n) is 1.73. The third kappa shape index (κ3) is 153. The molecule has 22 nitrogen and oxygen atoms in total. The molecule has 0 fully saturated rings. The number of hydrogen-bond acceptors (Lipinski definition) is 19. The van der Waals surface area contributed by atoms with Crippen molar-refractivity contribution in [2.75, 3.05) is 32.5 Å². The van der Waals surface area contributed by atoms with Crippen molar-refractivity contribution in [3.8, 4) is 18.2 Å². The van der Waals surface area contributed by atoms with Gasteiger partial charge in [-0.2, -0.15) is 54.1 Å². The van der Waals surface area contributed by atoms with E-state index in [9.17, 15) is 0 Å². The van der Waals surface area contributed by atoms with Gasteiger partial charge in [-0.3, -0.25) is 10.0 Å². The maximum atomic E-state index is 8.31. The molecule has 0 saturated heterocycles. The van der Waals surface area contributed by atoms with E-state index in [4.69, 9.17) is 87.0 Å². The van der Waals surface area contributed by atoms with Crippen LogP contribution in [0.4, 0.5) is 5.69 Å². The normalized spacial score (nSPS) is 6.03. The van der Waals surface area contributed by atoms with Crippen LogP contribution in [0.1, 0.15) is 49.0 Å². The molecule has 0 atom stereocenters. The van der Waals surface area contributed by atoms with E-state index in [2.05, 4.69) is 69.1 Å². The number of nitriles is 3. The molecule has 3 heterocycles. The van der Waals surface area contributed by atoms with Crippen molar-refractivity contribution in [2.24, 2.45) is 10.5 Å². The van der Waals surface area contributed by atoms with Gasteiger partial charge in [-0.25, -0.2) is 28.2 Å². The maximum absolute atomic E-state index is 8.31. The molecule has 8 N–H and O–H groups in total. The summed E-state index contributed by atoms with van der Waals surface area (Å²) < 4.78 is 7.92. The number of hydrogen-bond donors (Lipinski definition) is 6. The largest absolute Gasteiger partial charge is 1.00 e. The van der Waals surface area contributed by atoms with E-state index in [0.717, 1.165) is 24.5 Å². The Balaban J connectivity index is -0.0000000291. The number of aryl methyl sites for hydroxylation is 4. The van der Waals surface area contributed by atoms with Crippen molar-refractivity contribution in [3.63, 3.8) is 0 Å². The van der Waals surface area contributed by atoms with Crippen LogP contribution in [0.2, 0.25) is 0 Å². The van der Waals surface area contributed by atoms with E-state index in [0.29, 0.717) is 17.9 Å². The number of anilines is 1. The van der Waals surface area contributed by atoms with Crippen molar-refractivity contribution >= 4 is 45.5 Å². The van der Waals surface area contributed by atoms with Crippen LogP contribution in [0.3, 0.4) is 0 Å². The zero-order valence-corrected chi connectivity index (χ0v) is 65.2. The Morgan fingerprint density at radius 3 is 1.20 bits per heavy atom. The summed E-state index contributed by atoms with van der Waals surface area (Å²) in [5.41, 5.74) is 15.8. The molecule has 330 valence electrons. The Hall–Kier alpha value is 1.19. The van der Waals surface area contributed by atoms with E-state index >= 15 is 0 Å². The number of nitrogens with zero attached hydrogens (tertiary/aromatic N) is 5. The third-order valence-corrected chi connectivity index (χ3v) is 3.87. The molecule has 0 aliphatic heterocycles. The molecular weight excluding hydrogens is 1280 g/mol. The van der Waals surface area contributed by atoms with Crippen molar-refractivity contribution in [3.05, 3.63) is 96.2 Å². The minimum atomic E-state index is 0. The maximum Gasteiger partial charge on any atom is 1.00 e. The molecule has 0 aromatic carbocycles. The van der Waals surface area contributed by atoms with Gasteiger partial charge in [0.1, 0.15) is 0 Å². The van der Waals surface area contributed by atoms with Crippen molar-refractivity contribution in [2.45, 2.75) is 48.5 Å². The molecule has 0 amide bonds. The molecule has 0 aliphatic rings. The van der Waals surface area contributed by atoms with E-state index in [-0.39, 0.29) is 339 Å². The first kappa shape index (κ1) is 112. The number of H-pyrrole nitrogens is 3. The van der Waals surface area contributed by atoms with Gasteiger partial charge in [-0.1, -0.05) is 58.8 Å². The molecule has 3 aromatic rings. The Labute approximate surface area is 637 Å². The molecule has 3 aromatic heterocycles. The summed E-state index contributed by atoms with van der Waals surface area (Å²) in [7, 11) is 4.47. The molecule has 0 saturated carbocycles. The fraction of sp³-hybridized carbons (Fsp3) is 0.306. The predicted molar refractivity (Wildman–Crippen MR) is 201 cm³/mol. The van der Waals surface area contributed by atoms with Gasteiger partial charge >= 0.3 is 339 Å². The summed E-state index contributed by atoms with van der Waals surface area (Å²) in [5.74, 6) is 0. The van der Waals surface area contributed by atoms with Gasteiger partial charge in [0.2, 0.25) is 0 Å². The summed E-state index contributed by atoms with van der Waals surface area (Å²) in [4.78, 5) is 90.0.